The number of fused-ring (bicyclic) bond motifs is 1. The van der Waals surface area contributed by atoms with E-state index in [1.807, 2.05) is 0 Å². The fourth-order valence-electron chi connectivity index (χ4n) is 2.72. The number of hydrogen-bond donors (Lipinski definition) is 1. The highest BCUT2D eigenvalue weighted by molar-refractivity contribution is 5.58. The Morgan fingerprint density at radius 3 is 2.88 bits per heavy atom. The second-order valence-corrected chi connectivity index (χ2v) is 4.88. The largest absolute Gasteiger partial charge is 0.369 e. The Morgan fingerprint density at radius 1 is 1.35 bits per heavy atom. The molecule has 1 aliphatic rings. The van der Waals surface area contributed by atoms with Gasteiger partial charge in [-0.1, -0.05) is 19.1 Å². The normalized spacial score (nSPS) is 16.4. The summed E-state index contributed by atoms with van der Waals surface area (Å²) in [5, 5.41) is 3.45. The van der Waals surface area contributed by atoms with E-state index in [1.165, 1.54) is 24.1 Å². The predicted octanol–water partition coefficient (Wildman–Crippen LogP) is 2.96. The average molecular weight is 232 g/mol. The van der Waals surface area contributed by atoms with Crippen LogP contribution in [0.2, 0.25) is 0 Å². The van der Waals surface area contributed by atoms with Crippen LogP contribution in [0.25, 0.3) is 0 Å². The maximum atomic E-state index is 3.45. The molecule has 1 aromatic carbocycles. The van der Waals surface area contributed by atoms with Crippen molar-refractivity contribution >= 4 is 5.69 Å². The molecule has 2 nitrogen and oxygen atoms in total. The zero-order valence-electron chi connectivity index (χ0n) is 11.3. The van der Waals surface area contributed by atoms with Crippen LogP contribution in [0.15, 0.2) is 18.2 Å². The summed E-state index contributed by atoms with van der Waals surface area (Å²) >= 11 is 0. The monoisotopic (exact) mass is 232 g/mol. The lowest BCUT2D eigenvalue weighted by Crippen LogP contribution is -2.34. The summed E-state index contributed by atoms with van der Waals surface area (Å²) in [4.78, 5) is 2.55. The lowest BCUT2D eigenvalue weighted by atomic mass is 9.97. The van der Waals surface area contributed by atoms with Crippen LogP contribution in [0.3, 0.4) is 0 Å². The number of anilines is 1. The second kappa shape index (κ2) is 5.54. The van der Waals surface area contributed by atoms with Crippen molar-refractivity contribution in [2.45, 2.75) is 46.2 Å². The summed E-state index contributed by atoms with van der Waals surface area (Å²) in [6, 6.07) is 7.38. The highest BCUT2D eigenvalue weighted by Gasteiger charge is 2.18. The van der Waals surface area contributed by atoms with Crippen LogP contribution in [0.1, 0.15) is 38.3 Å². The fourth-order valence-corrected chi connectivity index (χ4v) is 2.72. The Labute approximate surface area is 105 Å². The molecule has 0 spiro atoms. The second-order valence-electron chi connectivity index (χ2n) is 4.88. The van der Waals surface area contributed by atoms with Crippen LogP contribution >= 0.6 is 0 Å². The van der Waals surface area contributed by atoms with E-state index in [4.69, 9.17) is 0 Å². The first kappa shape index (κ1) is 12.4. The maximum absolute atomic E-state index is 3.45. The van der Waals surface area contributed by atoms with E-state index in [1.54, 1.807) is 5.56 Å². The highest BCUT2D eigenvalue weighted by Crippen LogP contribution is 2.28. The summed E-state index contributed by atoms with van der Waals surface area (Å²) < 4.78 is 0. The van der Waals surface area contributed by atoms with E-state index in [0.717, 1.165) is 19.6 Å². The Balaban J connectivity index is 2.36. The summed E-state index contributed by atoms with van der Waals surface area (Å²) in [5.74, 6) is 0. The lowest BCUT2D eigenvalue weighted by molar-refractivity contribution is 0.611. The smallest absolute Gasteiger partial charge is 0.0404 e. The van der Waals surface area contributed by atoms with Crippen LogP contribution < -0.4 is 10.2 Å². The molecule has 0 fully saturated rings. The molecule has 17 heavy (non-hydrogen) atoms. The van der Waals surface area contributed by atoms with Gasteiger partial charge in [0.25, 0.3) is 0 Å². The van der Waals surface area contributed by atoms with Gasteiger partial charge in [-0.2, -0.15) is 0 Å². The average Bonchev–Trinajstić information content (AvgIpc) is 2.39. The third-order valence-corrected chi connectivity index (χ3v) is 3.89. The molecule has 0 amide bonds. The molecule has 0 saturated carbocycles. The fraction of sp³-hybridized carbons (Fsp3) is 0.600. The van der Waals surface area contributed by atoms with Gasteiger partial charge in [-0.05, 0) is 50.4 Å². The van der Waals surface area contributed by atoms with Gasteiger partial charge in [0.15, 0.2) is 0 Å². The van der Waals surface area contributed by atoms with Crippen LogP contribution in [0.5, 0.6) is 0 Å². The minimum atomic E-state index is 0.626. The predicted molar refractivity (Wildman–Crippen MR) is 74.6 cm³/mol. The summed E-state index contributed by atoms with van der Waals surface area (Å²) in [5.41, 5.74) is 4.50. The standard InChI is InChI=1S/C15H24N2/c1-4-12(3)17(5-2)15-8-6-7-13-11-16-10-9-14(13)15/h6-8,12,16H,4-5,9-11H2,1-3H3. The maximum Gasteiger partial charge on any atom is 0.0404 e. The van der Waals surface area contributed by atoms with Gasteiger partial charge in [0.1, 0.15) is 0 Å². The van der Waals surface area contributed by atoms with Crippen molar-refractivity contribution in [1.82, 2.24) is 5.32 Å². The summed E-state index contributed by atoms with van der Waals surface area (Å²) in [6.45, 7) is 10.1. The molecule has 0 saturated heterocycles. The molecule has 1 heterocycles. The van der Waals surface area contributed by atoms with Crippen LogP contribution in [0, 0.1) is 0 Å². The van der Waals surface area contributed by atoms with Crippen molar-refractivity contribution in [3.8, 4) is 0 Å². The number of benzene rings is 1. The van der Waals surface area contributed by atoms with Crippen LogP contribution in [-0.2, 0) is 13.0 Å². The molecular weight excluding hydrogens is 208 g/mol. The minimum absolute atomic E-state index is 0.626. The van der Waals surface area contributed by atoms with Gasteiger partial charge in [0, 0.05) is 24.8 Å². The van der Waals surface area contributed by atoms with E-state index in [0.29, 0.717) is 6.04 Å². The van der Waals surface area contributed by atoms with Crippen molar-refractivity contribution in [2.75, 3.05) is 18.0 Å². The quantitative estimate of drug-likeness (QED) is 0.858. The number of nitrogens with one attached hydrogen (secondary N) is 1. The Hall–Kier alpha value is -1.02. The molecule has 0 bridgehead atoms. The van der Waals surface area contributed by atoms with Crippen molar-refractivity contribution in [2.24, 2.45) is 0 Å². The molecule has 1 atom stereocenters. The number of hydrogen-bond acceptors (Lipinski definition) is 2. The van der Waals surface area contributed by atoms with E-state index >= 15 is 0 Å². The van der Waals surface area contributed by atoms with E-state index in [9.17, 15) is 0 Å². The van der Waals surface area contributed by atoms with Crippen molar-refractivity contribution in [3.63, 3.8) is 0 Å². The molecule has 2 heteroatoms. The van der Waals surface area contributed by atoms with Crippen LogP contribution in [-0.4, -0.2) is 19.1 Å². The molecule has 0 radical (unpaired) electrons. The first-order valence-corrected chi connectivity index (χ1v) is 6.86. The third-order valence-electron chi connectivity index (χ3n) is 3.89. The van der Waals surface area contributed by atoms with Crippen molar-refractivity contribution in [3.05, 3.63) is 29.3 Å². The van der Waals surface area contributed by atoms with E-state index in [-0.39, 0.29) is 0 Å². The summed E-state index contributed by atoms with van der Waals surface area (Å²) in [6.07, 6.45) is 2.37. The number of rotatable bonds is 4. The topological polar surface area (TPSA) is 15.3 Å². The Bertz CT molecular complexity index is 373. The van der Waals surface area contributed by atoms with Gasteiger partial charge >= 0.3 is 0 Å². The minimum Gasteiger partial charge on any atom is -0.369 e. The molecular formula is C15H24N2. The zero-order chi connectivity index (χ0) is 12.3. The van der Waals surface area contributed by atoms with Gasteiger partial charge in [-0.15, -0.1) is 0 Å². The molecule has 94 valence electrons. The molecule has 0 aromatic heterocycles. The SMILES string of the molecule is CCC(C)N(CC)c1cccc2c1CCNC2. The summed E-state index contributed by atoms with van der Waals surface area (Å²) in [7, 11) is 0. The van der Waals surface area contributed by atoms with E-state index in [2.05, 4.69) is 49.2 Å². The molecule has 1 aliphatic heterocycles. The van der Waals surface area contributed by atoms with Crippen LogP contribution in [0.4, 0.5) is 5.69 Å². The molecule has 1 unspecified atom stereocenters. The highest BCUT2D eigenvalue weighted by atomic mass is 15.2. The molecule has 0 aliphatic carbocycles. The molecule has 1 N–H and O–H groups in total. The third kappa shape index (κ3) is 2.47. The first-order valence-electron chi connectivity index (χ1n) is 6.86. The number of nitrogens with zero attached hydrogens (tertiary/aromatic N) is 1. The Morgan fingerprint density at radius 2 is 2.18 bits per heavy atom. The van der Waals surface area contributed by atoms with Crippen molar-refractivity contribution < 1.29 is 0 Å². The van der Waals surface area contributed by atoms with Gasteiger partial charge < -0.3 is 10.2 Å². The van der Waals surface area contributed by atoms with Gasteiger partial charge in [0.2, 0.25) is 0 Å². The van der Waals surface area contributed by atoms with Crippen molar-refractivity contribution in [1.29, 1.82) is 0 Å². The van der Waals surface area contributed by atoms with Gasteiger partial charge in [-0.25, -0.2) is 0 Å². The van der Waals surface area contributed by atoms with E-state index < -0.39 is 0 Å². The van der Waals surface area contributed by atoms with Gasteiger partial charge in [-0.3, -0.25) is 0 Å². The Kier molecular flexibility index (Phi) is 4.06. The zero-order valence-corrected chi connectivity index (χ0v) is 11.3. The first-order chi connectivity index (χ1) is 8.27. The van der Waals surface area contributed by atoms with Gasteiger partial charge in [0.05, 0.1) is 0 Å². The molecule has 1 aromatic rings. The molecule has 2 rings (SSSR count). The lowest BCUT2D eigenvalue weighted by Gasteiger charge is -2.33.